The number of nitrogens with zero attached hydrogens (tertiary/aromatic N) is 2. The summed E-state index contributed by atoms with van der Waals surface area (Å²) in [5, 5.41) is 1.25. The summed E-state index contributed by atoms with van der Waals surface area (Å²) in [7, 11) is 1.73. The number of likely N-dealkylation sites (tertiary alicyclic amines) is 1. The van der Waals surface area contributed by atoms with Gasteiger partial charge in [0.2, 0.25) is 0 Å². The second kappa shape index (κ2) is 9.05. The number of hydrogen-bond acceptors (Lipinski definition) is 3. The van der Waals surface area contributed by atoms with Gasteiger partial charge in [-0.05, 0) is 93.3 Å². The molecule has 1 aromatic heterocycles. The Morgan fingerprint density at radius 2 is 1.85 bits per heavy atom. The molecule has 1 saturated heterocycles. The Balaban J connectivity index is 1.25. The molecule has 1 saturated carbocycles. The zero-order valence-electron chi connectivity index (χ0n) is 16.8. The molecule has 1 aliphatic carbocycles. The molecule has 0 N–H and O–H groups in total. The zero-order valence-corrected chi connectivity index (χ0v) is 16.8. The normalized spacial score (nSPS) is 19.7. The number of pyridine rings is 1. The van der Waals surface area contributed by atoms with Crippen LogP contribution >= 0.6 is 0 Å². The number of hydrogen-bond donors (Lipinski definition) is 0. The van der Waals surface area contributed by atoms with Gasteiger partial charge in [-0.15, -0.1) is 0 Å². The van der Waals surface area contributed by atoms with Gasteiger partial charge >= 0.3 is 0 Å². The summed E-state index contributed by atoms with van der Waals surface area (Å²) in [4.78, 5) is 7.25. The van der Waals surface area contributed by atoms with Gasteiger partial charge in [-0.3, -0.25) is 4.98 Å². The minimum absolute atomic E-state index is 0.923. The molecule has 0 atom stereocenters. The van der Waals surface area contributed by atoms with Crippen molar-refractivity contribution in [2.75, 3.05) is 26.7 Å². The Morgan fingerprint density at radius 3 is 2.63 bits per heavy atom. The molecule has 0 unspecified atom stereocenters. The van der Waals surface area contributed by atoms with E-state index in [1.54, 1.807) is 7.11 Å². The van der Waals surface area contributed by atoms with Crippen LogP contribution in [0.4, 0.5) is 0 Å². The molecule has 3 heteroatoms. The van der Waals surface area contributed by atoms with Crippen molar-refractivity contribution in [3.8, 4) is 5.75 Å². The van der Waals surface area contributed by atoms with Gasteiger partial charge in [0.15, 0.2) is 0 Å². The summed E-state index contributed by atoms with van der Waals surface area (Å²) in [5.74, 6) is 2.84. The van der Waals surface area contributed by atoms with Crippen LogP contribution in [-0.4, -0.2) is 36.6 Å². The highest BCUT2D eigenvalue weighted by molar-refractivity contribution is 5.83. The fourth-order valence-corrected chi connectivity index (χ4v) is 5.12. The fourth-order valence-electron chi connectivity index (χ4n) is 5.12. The first-order chi connectivity index (χ1) is 13.3. The van der Waals surface area contributed by atoms with E-state index >= 15 is 0 Å². The monoisotopic (exact) mass is 366 g/mol. The van der Waals surface area contributed by atoms with Gasteiger partial charge in [0.1, 0.15) is 5.75 Å². The van der Waals surface area contributed by atoms with E-state index in [0.29, 0.717) is 0 Å². The van der Waals surface area contributed by atoms with E-state index < -0.39 is 0 Å². The summed E-state index contributed by atoms with van der Waals surface area (Å²) >= 11 is 0. The van der Waals surface area contributed by atoms with E-state index in [-0.39, 0.29) is 0 Å². The van der Waals surface area contributed by atoms with E-state index in [9.17, 15) is 0 Å². The van der Waals surface area contributed by atoms with E-state index in [0.717, 1.165) is 29.5 Å². The minimum Gasteiger partial charge on any atom is -0.497 e. The van der Waals surface area contributed by atoms with Gasteiger partial charge < -0.3 is 9.64 Å². The lowest BCUT2D eigenvalue weighted by atomic mass is 9.90. The van der Waals surface area contributed by atoms with E-state index in [1.165, 1.54) is 82.0 Å². The Kier molecular flexibility index (Phi) is 6.28. The third-order valence-corrected chi connectivity index (χ3v) is 6.80. The largest absolute Gasteiger partial charge is 0.497 e. The maximum Gasteiger partial charge on any atom is 0.119 e. The third kappa shape index (κ3) is 4.82. The molecular weight excluding hydrogens is 332 g/mol. The number of ether oxygens (including phenoxy) is 1. The predicted molar refractivity (Wildman–Crippen MR) is 112 cm³/mol. The number of fused-ring (bicyclic) bond motifs is 1. The van der Waals surface area contributed by atoms with Crippen LogP contribution in [0.25, 0.3) is 10.9 Å². The standard InChI is InChI=1S/C24H34N2O/c1-27-22-9-10-24-23(17-22)21(11-14-25-24)8-4-7-19-12-15-26(16-13-19)18-20-5-2-3-6-20/h9-11,14,17,19-20H,2-8,12-13,15-16,18H2,1H3. The number of benzene rings is 1. The summed E-state index contributed by atoms with van der Waals surface area (Å²) in [6.07, 6.45) is 14.4. The summed E-state index contributed by atoms with van der Waals surface area (Å²) in [6, 6.07) is 8.39. The molecule has 2 aromatic rings. The van der Waals surface area contributed by atoms with Gasteiger partial charge in [-0.1, -0.05) is 19.3 Å². The maximum absolute atomic E-state index is 5.40. The van der Waals surface area contributed by atoms with Crippen LogP contribution < -0.4 is 4.74 Å². The van der Waals surface area contributed by atoms with Crippen molar-refractivity contribution in [1.82, 2.24) is 9.88 Å². The van der Waals surface area contributed by atoms with E-state index in [1.807, 2.05) is 12.3 Å². The Hall–Kier alpha value is -1.61. The Morgan fingerprint density at radius 1 is 1.04 bits per heavy atom. The van der Waals surface area contributed by atoms with Crippen molar-refractivity contribution in [1.29, 1.82) is 0 Å². The van der Waals surface area contributed by atoms with Crippen LogP contribution in [0.1, 0.15) is 56.9 Å². The van der Waals surface area contributed by atoms with Crippen LogP contribution in [0.3, 0.4) is 0 Å². The quantitative estimate of drug-likeness (QED) is 0.650. The van der Waals surface area contributed by atoms with Crippen molar-refractivity contribution in [3.05, 3.63) is 36.0 Å². The second-order valence-electron chi connectivity index (χ2n) is 8.64. The van der Waals surface area contributed by atoms with Gasteiger partial charge in [0.05, 0.1) is 12.6 Å². The molecule has 2 aliphatic rings. The van der Waals surface area contributed by atoms with E-state index in [2.05, 4.69) is 28.1 Å². The number of piperidine rings is 1. The van der Waals surface area contributed by atoms with Crippen LogP contribution in [0.15, 0.2) is 30.5 Å². The van der Waals surface area contributed by atoms with E-state index in [4.69, 9.17) is 4.74 Å². The molecule has 146 valence electrons. The SMILES string of the molecule is COc1ccc2nccc(CCCC3CCN(CC4CCCC4)CC3)c2c1. The molecule has 1 aliphatic heterocycles. The average Bonchev–Trinajstić information content (AvgIpc) is 3.22. The highest BCUT2D eigenvalue weighted by Crippen LogP contribution is 2.29. The molecular formula is C24H34N2O. The van der Waals surface area contributed by atoms with Gasteiger partial charge in [0.25, 0.3) is 0 Å². The zero-order chi connectivity index (χ0) is 18.5. The lowest BCUT2D eigenvalue weighted by Crippen LogP contribution is -2.36. The summed E-state index contributed by atoms with van der Waals surface area (Å²) in [5.41, 5.74) is 2.49. The number of methoxy groups -OCH3 is 1. The molecule has 27 heavy (non-hydrogen) atoms. The van der Waals surface area contributed by atoms with Crippen LogP contribution in [0.2, 0.25) is 0 Å². The van der Waals surface area contributed by atoms with Crippen LogP contribution in [0.5, 0.6) is 5.75 Å². The lowest BCUT2D eigenvalue weighted by Gasteiger charge is -2.33. The van der Waals surface area contributed by atoms with Crippen LogP contribution in [-0.2, 0) is 6.42 Å². The average molecular weight is 367 g/mol. The Labute approximate surface area is 164 Å². The summed E-state index contributed by atoms with van der Waals surface area (Å²) < 4.78 is 5.40. The number of aryl methyl sites for hydroxylation is 1. The molecule has 2 heterocycles. The number of rotatable bonds is 7. The van der Waals surface area contributed by atoms with Crippen molar-refractivity contribution in [2.24, 2.45) is 11.8 Å². The Bertz CT molecular complexity index is 730. The highest BCUT2D eigenvalue weighted by Gasteiger charge is 2.23. The molecule has 3 nitrogen and oxygen atoms in total. The minimum atomic E-state index is 0.923. The lowest BCUT2D eigenvalue weighted by molar-refractivity contribution is 0.156. The predicted octanol–water partition coefficient (Wildman–Crippen LogP) is 5.47. The molecule has 4 rings (SSSR count). The maximum atomic E-state index is 5.40. The topological polar surface area (TPSA) is 25.4 Å². The molecule has 0 spiro atoms. The van der Waals surface area contributed by atoms with Crippen molar-refractivity contribution in [2.45, 2.75) is 57.8 Å². The van der Waals surface area contributed by atoms with Crippen molar-refractivity contribution < 1.29 is 4.74 Å². The first kappa shape index (κ1) is 18.7. The fraction of sp³-hybridized carbons (Fsp3) is 0.625. The van der Waals surface area contributed by atoms with Gasteiger partial charge in [-0.25, -0.2) is 0 Å². The van der Waals surface area contributed by atoms with Gasteiger partial charge in [0, 0.05) is 18.1 Å². The van der Waals surface area contributed by atoms with Crippen molar-refractivity contribution >= 4 is 10.9 Å². The smallest absolute Gasteiger partial charge is 0.119 e. The van der Waals surface area contributed by atoms with Crippen LogP contribution in [0, 0.1) is 11.8 Å². The molecule has 0 bridgehead atoms. The summed E-state index contributed by atoms with van der Waals surface area (Å²) in [6.45, 7) is 4.03. The highest BCUT2D eigenvalue weighted by atomic mass is 16.5. The van der Waals surface area contributed by atoms with Gasteiger partial charge in [-0.2, -0.15) is 0 Å². The molecule has 1 aromatic carbocycles. The molecule has 0 radical (unpaired) electrons. The molecule has 2 fully saturated rings. The first-order valence-electron chi connectivity index (χ1n) is 11.0. The number of aromatic nitrogens is 1. The van der Waals surface area contributed by atoms with Crippen molar-refractivity contribution in [3.63, 3.8) is 0 Å². The second-order valence-corrected chi connectivity index (χ2v) is 8.64. The first-order valence-corrected chi connectivity index (χ1v) is 11.0. The molecule has 0 amide bonds. The third-order valence-electron chi connectivity index (χ3n) is 6.80.